The first-order valence-electron chi connectivity index (χ1n) is 16.7. The lowest BCUT2D eigenvalue weighted by molar-refractivity contribution is 1.16. The van der Waals surface area contributed by atoms with E-state index in [1.54, 1.807) is 6.07 Å². The molecule has 0 saturated carbocycles. The van der Waals surface area contributed by atoms with Crippen LogP contribution in [0.15, 0.2) is 158 Å². The van der Waals surface area contributed by atoms with E-state index >= 15 is 0 Å². The van der Waals surface area contributed by atoms with Gasteiger partial charge in [-0.2, -0.15) is 15.8 Å². The summed E-state index contributed by atoms with van der Waals surface area (Å²) in [6.45, 7) is 0. The summed E-state index contributed by atoms with van der Waals surface area (Å²) in [5.41, 5.74) is 9.61. The van der Waals surface area contributed by atoms with Crippen LogP contribution in [0.25, 0.3) is 82.4 Å². The van der Waals surface area contributed by atoms with Crippen molar-refractivity contribution in [1.29, 1.82) is 15.8 Å². The molecule has 0 amide bonds. The Balaban J connectivity index is 1.38. The van der Waals surface area contributed by atoms with Gasteiger partial charge < -0.3 is 4.57 Å². The molecule has 234 valence electrons. The van der Waals surface area contributed by atoms with Gasteiger partial charge in [0.05, 0.1) is 39.5 Å². The van der Waals surface area contributed by atoms with Gasteiger partial charge in [0.1, 0.15) is 12.1 Å². The Kier molecular flexibility index (Phi) is 6.93. The van der Waals surface area contributed by atoms with Crippen LogP contribution in [0.4, 0.5) is 0 Å². The normalized spacial score (nSPS) is 11.1. The minimum atomic E-state index is 0.392. The predicted octanol–water partition coefficient (Wildman–Crippen LogP) is 11.7. The van der Waals surface area contributed by atoms with E-state index in [1.165, 1.54) is 5.56 Å². The van der Waals surface area contributed by atoms with Gasteiger partial charge in [0.2, 0.25) is 0 Å². The molecule has 4 heteroatoms. The third-order valence-corrected chi connectivity index (χ3v) is 9.92. The molecule has 1 heterocycles. The molecule has 0 spiro atoms. The van der Waals surface area contributed by atoms with Crippen molar-refractivity contribution < 1.29 is 0 Å². The van der Waals surface area contributed by atoms with E-state index in [4.69, 9.17) is 0 Å². The number of nitrogens with zero attached hydrogens (tertiary/aromatic N) is 4. The molecule has 0 unspecified atom stereocenters. The first-order chi connectivity index (χ1) is 25.2. The fourth-order valence-electron chi connectivity index (χ4n) is 7.81. The van der Waals surface area contributed by atoms with Crippen molar-refractivity contribution >= 4 is 43.4 Å². The molecule has 4 nitrogen and oxygen atoms in total. The topological polar surface area (TPSA) is 76.3 Å². The quantitative estimate of drug-likeness (QED) is 0.179. The molecule has 0 aliphatic carbocycles. The zero-order valence-electron chi connectivity index (χ0n) is 27.3. The van der Waals surface area contributed by atoms with Crippen LogP contribution in [0.3, 0.4) is 0 Å². The van der Waals surface area contributed by atoms with Crippen LogP contribution in [0.2, 0.25) is 0 Å². The highest BCUT2D eigenvalue weighted by atomic mass is 15.0. The molecule has 8 aromatic carbocycles. The highest BCUT2D eigenvalue weighted by molar-refractivity contribution is 6.22. The number of fused-ring (bicyclic) bond motifs is 5. The van der Waals surface area contributed by atoms with Gasteiger partial charge in [0.25, 0.3) is 0 Å². The van der Waals surface area contributed by atoms with Crippen molar-refractivity contribution in [2.24, 2.45) is 0 Å². The molecular formula is C47H26N4. The highest BCUT2D eigenvalue weighted by Crippen LogP contribution is 2.47. The van der Waals surface area contributed by atoms with E-state index in [0.717, 1.165) is 71.2 Å². The van der Waals surface area contributed by atoms with Gasteiger partial charge in [-0.1, -0.05) is 127 Å². The summed E-state index contributed by atoms with van der Waals surface area (Å²) >= 11 is 0. The third-order valence-electron chi connectivity index (χ3n) is 9.92. The maximum atomic E-state index is 11.1. The van der Waals surface area contributed by atoms with E-state index in [0.29, 0.717) is 22.4 Å². The molecule has 1 aromatic heterocycles. The summed E-state index contributed by atoms with van der Waals surface area (Å²) in [6.07, 6.45) is 0. The van der Waals surface area contributed by atoms with Crippen LogP contribution < -0.4 is 0 Å². The fourth-order valence-corrected chi connectivity index (χ4v) is 7.81. The van der Waals surface area contributed by atoms with Crippen LogP contribution in [0, 0.1) is 34.0 Å². The average molecular weight is 647 g/mol. The van der Waals surface area contributed by atoms with Gasteiger partial charge in [-0.15, -0.1) is 0 Å². The molecule has 0 fully saturated rings. The van der Waals surface area contributed by atoms with Gasteiger partial charge in [0.15, 0.2) is 0 Å². The second-order valence-electron chi connectivity index (χ2n) is 12.6. The number of para-hydroxylation sites is 1. The van der Waals surface area contributed by atoms with Crippen LogP contribution in [-0.2, 0) is 0 Å². The Morgan fingerprint density at radius 1 is 0.392 bits per heavy atom. The second-order valence-corrected chi connectivity index (χ2v) is 12.6. The SMILES string of the molecule is N#Cc1ccc2c(c1)c1ccccc1n2-c1c(C#N)ccc(-c2ccccc2-c2c3ccccc3c(-c3ccccc3)c3ccccc23)c1C#N. The largest absolute Gasteiger partial charge is 0.307 e. The first-order valence-corrected chi connectivity index (χ1v) is 16.7. The van der Waals surface area contributed by atoms with Crippen molar-refractivity contribution in [3.8, 4) is 57.3 Å². The number of aromatic nitrogens is 1. The summed E-state index contributed by atoms with van der Waals surface area (Å²) in [4.78, 5) is 0. The van der Waals surface area contributed by atoms with Crippen molar-refractivity contribution in [3.05, 3.63) is 174 Å². The second kappa shape index (κ2) is 11.9. The molecule has 0 radical (unpaired) electrons. The maximum Gasteiger partial charge on any atom is 0.102 e. The monoisotopic (exact) mass is 646 g/mol. The van der Waals surface area contributed by atoms with Crippen LogP contribution >= 0.6 is 0 Å². The molecule has 0 bridgehead atoms. The molecule has 9 rings (SSSR count). The number of hydrogen-bond acceptors (Lipinski definition) is 3. The third kappa shape index (κ3) is 4.51. The predicted molar refractivity (Wildman–Crippen MR) is 206 cm³/mol. The molecular weight excluding hydrogens is 621 g/mol. The van der Waals surface area contributed by atoms with E-state index in [2.05, 4.69) is 103 Å². The van der Waals surface area contributed by atoms with Crippen molar-refractivity contribution in [2.75, 3.05) is 0 Å². The van der Waals surface area contributed by atoms with E-state index in [1.807, 2.05) is 71.3 Å². The van der Waals surface area contributed by atoms with E-state index in [-0.39, 0.29) is 0 Å². The minimum Gasteiger partial charge on any atom is -0.307 e. The molecule has 0 N–H and O–H groups in total. The number of nitriles is 3. The number of rotatable bonds is 4. The van der Waals surface area contributed by atoms with Gasteiger partial charge in [-0.05, 0) is 79.7 Å². The lowest BCUT2D eigenvalue weighted by Crippen LogP contribution is -2.03. The zero-order chi connectivity index (χ0) is 34.5. The summed E-state index contributed by atoms with van der Waals surface area (Å²) in [5, 5.41) is 37.6. The lowest BCUT2D eigenvalue weighted by Gasteiger charge is -2.21. The maximum absolute atomic E-state index is 11.1. The summed E-state index contributed by atoms with van der Waals surface area (Å²) < 4.78 is 2.01. The minimum absolute atomic E-state index is 0.392. The smallest absolute Gasteiger partial charge is 0.102 e. The molecule has 0 saturated heterocycles. The first kappa shape index (κ1) is 29.7. The Bertz CT molecular complexity index is 2940. The fraction of sp³-hybridized carbons (Fsp3) is 0. The average Bonchev–Trinajstić information content (AvgIpc) is 3.52. The molecule has 0 aliphatic rings. The lowest BCUT2D eigenvalue weighted by atomic mass is 9.83. The standard InChI is InChI=1S/C47H26N4/c48-27-30-22-25-44-41(26-30)35-15-10-11-21-43(35)51(44)47-32(28-49)23-24-34(42(47)29-50)33-14-4-5-16-36(33)46-39-19-8-6-17-37(39)45(31-12-2-1-3-13-31)38-18-7-9-20-40(38)46/h1-26H. The Hall–Kier alpha value is -7.45. The molecule has 0 aliphatic heterocycles. The van der Waals surface area contributed by atoms with Crippen LogP contribution in [0.1, 0.15) is 16.7 Å². The van der Waals surface area contributed by atoms with Gasteiger partial charge in [-0.3, -0.25) is 0 Å². The van der Waals surface area contributed by atoms with Gasteiger partial charge >= 0.3 is 0 Å². The molecule has 0 atom stereocenters. The zero-order valence-corrected chi connectivity index (χ0v) is 27.3. The van der Waals surface area contributed by atoms with E-state index < -0.39 is 0 Å². The van der Waals surface area contributed by atoms with Gasteiger partial charge in [-0.25, -0.2) is 0 Å². The van der Waals surface area contributed by atoms with Crippen molar-refractivity contribution in [3.63, 3.8) is 0 Å². The number of benzene rings is 8. The van der Waals surface area contributed by atoms with Crippen molar-refractivity contribution in [2.45, 2.75) is 0 Å². The Morgan fingerprint density at radius 3 is 1.61 bits per heavy atom. The summed E-state index contributed by atoms with van der Waals surface area (Å²) in [5.74, 6) is 0. The van der Waals surface area contributed by atoms with E-state index in [9.17, 15) is 15.8 Å². The Labute approximate surface area is 294 Å². The van der Waals surface area contributed by atoms with Crippen LogP contribution in [-0.4, -0.2) is 4.57 Å². The molecule has 51 heavy (non-hydrogen) atoms. The summed E-state index contributed by atoms with van der Waals surface area (Å²) in [6, 6.07) is 60.3. The van der Waals surface area contributed by atoms with Crippen molar-refractivity contribution in [1.82, 2.24) is 4.57 Å². The summed E-state index contributed by atoms with van der Waals surface area (Å²) in [7, 11) is 0. The number of hydrogen-bond donors (Lipinski definition) is 0. The Morgan fingerprint density at radius 2 is 0.961 bits per heavy atom. The highest BCUT2D eigenvalue weighted by Gasteiger charge is 2.24. The molecule has 9 aromatic rings. The van der Waals surface area contributed by atoms with Gasteiger partial charge in [0, 0.05) is 16.3 Å². The van der Waals surface area contributed by atoms with Crippen LogP contribution in [0.5, 0.6) is 0 Å².